The molecule has 64 valence electrons. The van der Waals surface area contributed by atoms with E-state index in [4.69, 9.17) is 27.9 Å². The quantitative estimate of drug-likeness (QED) is 0.741. The Morgan fingerprint density at radius 2 is 2.36 bits per heavy atom. The van der Waals surface area contributed by atoms with Gasteiger partial charge in [-0.25, -0.2) is 0 Å². The van der Waals surface area contributed by atoms with Gasteiger partial charge in [-0.15, -0.1) is 0 Å². The maximum Gasteiger partial charge on any atom is 0.0906 e. The molecule has 4 heteroatoms. The van der Waals surface area contributed by atoms with Crippen molar-refractivity contribution in [2.75, 3.05) is 19.7 Å². The van der Waals surface area contributed by atoms with Crippen LogP contribution in [0, 0.1) is 0 Å². The van der Waals surface area contributed by atoms with Crippen LogP contribution >= 0.6 is 23.2 Å². The first-order chi connectivity index (χ1) is 5.16. The van der Waals surface area contributed by atoms with Crippen LogP contribution in [0.15, 0.2) is 10.6 Å². The first-order valence-electron chi connectivity index (χ1n) is 3.46. The molecule has 1 aliphatic heterocycles. The number of halogens is 2. The lowest BCUT2D eigenvalue weighted by Gasteiger charge is -2.38. The van der Waals surface area contributed by atoms with E-state index in [9.17, 15) is 0 Å². The molecule has 0 aromatic heterocycles. The Balaban J connectivity index is 2.21. The van der Waals surface area contributed by atoms with E-state index in [0.29, 0.717) is 11.6 Å². The van der Waals surface area contributed by atoms with Gasteiger partial charge in [-0.1, -0.05) is 23.2 Å². The molecule has 1 aliphatic rings. The molecule has 0 aromatic rings. The Kier molecular flexibility index (Phi) is 3.19. The molecule has 0 unspecified atom stereocenters. The van der Waals surface area contributed by atoms with Crippen LogP contribution in [-0.2, 0) is 4.74 Å². The third kappa shape index (κ3) is 2.64. The van der Waals surface area contributed by atoms with E-state index < -0.39 is 0 Å². The van der Waals surface area contributed by atoms with E-state index in [1.54, 1.807) is 0 Å². The van der Waals surface area contributed by atoms with E-state index in [1.165, 1.54) is 5.54 Å². The summed E-state index contributed by atoms with van der Waals surface area (Å²) in [5, 5.41) is 3.66. The minimum absolute atomic E-state index is 0.0416. The fourth-order valence-corrected chi connectivity index (χ4v) is 0.971. The Bertz CT molecular complexity index is 166. The van der Waals surface area contributed by atoms with Crippen molar-refractivity contribution in [1.82, 2.24) is 5.32 Å². The molecule has 0 bridgehead atoms. The predicted molar refractivity (Wildman–Crippen MR) is 47.0 cm³/mol. The zero-order chi connectivity index (χ0) is 8.32. The molecule has 1 heterocycles. The topological polar surface area (TPSA) is 21.3 Å². The van der Waals surface area contributed by atoms with E-state index in [0.717, 1.165) is 13.1 Å². The molecule has 1 N–H and O–H groups in total. The van der Waals surface area contributed by atoms with Crippen molar-refractivity contribution in [3.63, 3.8) is 0 Å². The highest BCUT2D eigenvalue weighted by atomic mass is 35.5. The molecule has 0 atom stereocenters. The lowest BCUT2D eigenvalue weighted by molar-refractivity contribution is -0.0545. The van der Waals surface area contributed by atoms with Gasteiger partial charge in [0.15, 0.2) is 0 Å². The van der Waals surface area contributed by atoms with Gasteiger partial charge < -0.3 is 10.1 Å². The van der Waals surface area contributed by atoms with Crippen LogP contribution in [0.4, 0.5) is 0 Å². The summed E-state index contributed by atoms with van der Waals surface area (Å²) in [6, 6.07) is 0. The van der Waals surface area contributed by atoms with Gasteiger partial charge in [0, 0.05) is 18.6 Å². The molecule has 0 saturated carbocycles. The summed E-state index contributed by atoms with van der Waals surface area (Å²) in [6.07, 6.45) is 0. The lowest BCUT2D eigenvalue weighted by Crippen LogP contribution is -2.59. The smallest absolute Gasteiger partial charge is 0.0906 e. The van der Waals surface area contributed by atoms with Crippen molar-refractivity contribution in [2.24, 2.45) is 0 Å². The fourth-order valence-electron chi connectivity index (χ4n) is 0.854. The maximum absolute atomic E-state index is 5.64. The molecule has 1 rings (SSSR count). The van der Waals surface area contributed by atoms with Gasteiger partial charge in [-0.3, -0.25) is 0 Å². The number of nitrogens with one attached hydrogen (secondary N) is 1. The Morgan fingerprint density at radius 3 is 2.73 bits per heavy atom. The van der Waals surface area contributed by atoms with Gasteiger partial charge in [0.1, 0.15) is 0 Å². The highest BCUT2D eigenvalue weighted by Crippen LogP contribution is 2.17. The van der Waals surface area contributed by atoms with Crippen LogP contribution in [-0.4, -0.2) is 25.3 Å². The van der Waals surface area contributed by atoms with Crippen molar-refractivity contribution in [3.05, 3.63) is 10.6 Å². The number of hydrogen-bond acceptors (Lipinski definition) is 2. The minimum Gasteiger partial charge on any atom is -0.367 e. The predicted octanol–water partition coefficient (Wildman–Crippen LogP) is 1.68. The number of hydrogen-bond donors (Lipinski definition) is 1. The zero-order valence-corrected chi connectivity index (χ0v) is 7.87. The van der Waals surface area contributed by atoms with Crippen LogP contribution in [0.5, 0.6) is 0 Å². The molecule has 2 nitrogen and oxygen atoms in total. The van der Waals surface area contributed by atoms with Crippen LogP contribution in [0.3, 0.4) is 0 Å². The molecule has 11 heavy (non-hydrogen) atoms. The van der Waals surface area contributed by atoms with Crippen molar-refractivity contribution in [3.8, 4) is 0 Å². The third-order valence-electron chi connectivity index (χ3n) is 1.67. The normalized spacial score (nSPS) is 23.0. The second-order valence-electron chi connectivity index (χ2n) is 2.90. The Labute approximate surface area is 76.5 Å². The number of rotatable bonds is 3. The monoisotopic (exact) mass is 195 g/mol. The van der Waals surface area contributed by atoms with Crippen LogP contribution in [0.1, 0.15) is 6.92 Å². The SMILES string of the molecule is CC1(OCC(Cl)=CCl)CNC1. The lowest BCUT2D eigenvalue weighted by atomic mass is 10.0. The second kappa shape index (κ2) is 3.76. The first kappa shape index (κ1) is 9.33. The molecule has 1 fully saturated rings. The van der Waals surface area contributed by atoms with Crippen molar-refractivity contribution < 1.29 is 4.74 Å². The van der Waals surface area contributed by atoms with Crippen LogP contribution < -0.4 is 5.32 Å². The van der Waals surface area contributed by atoms with Crippen molar-refractivity contribution >= 4 is 23.2 Å². The maximum atomic E-state index is 5.64. The van der Waals surface area contributed by atoms with Crippen LogP contribution in [0.25, 0.3) is 0 Å². The molecule has 1 saturated heterocycles. The molecular formula is C7H11Cl2NO. The largest absolute Gasteiger partial charge is 0.367 e. The van der Waals surface area contributed by atoms with Gasteiger partial charge in [0.25, 0.3) is 0 Å². The molecule has 0 aromatic carbocycles. The van der Waals surface area contributed by atoms with Gasteiger partial charge in [0.05, 0.1) is 17.2 Å². The summed E-state index contributed by atoms with van der Waals surface area (Å²) in [4.78, 5) is 0. The fraction of sp³-hybridized carbons (Fsp3) is 0.714. The Morgan fingerprint density at radius 1 is 1.73 bits per heavy atom. The summed E-state index contributed by atoms with van der Waals surface area (Å²) in [5.74, 6) is 0. The van der Waals surface area contributed by atoms with Crippen molar-refractivity contribution in [1.29, 1.82) is 0 Å². The average molecular weight is 196 g/mol. The van der Waals surface area contributed by atoms with Crippen LogP contribution in [0.2, 0.25) is 0 Å². The van der Waals surface area contributed by atoms with E-state index >= 15 is 0 Å². The molecular weight excluding hydrogens is 185 g/mol. The standard InChI is InChI=1S/C7H11Cl2NO/c1-7(4-10-5-7)11-3-6(9)2-8/h2,10H,3-5H2,1H3. The van der Waals surface area contributed by atoms with Gasteiger partial charge in [-0.2, -0.15) is 0 Å². The summed E-state index contributed by atoms with van der Waals surface area (Å²) in [6.45, 7) is 4.23. The Hall–Kier alpha value is 0.240. The minimum atomic E-state index is -0.0416. The van der Waals surface area contributed by atoms with E-state index in [1.807, 2.05) is 6.92 Å². The van der Waals surface area contributed by atoms with Gasteiger partial charge in [-0.05, 0) is 6.92 Å². The van der Waals surface area contributed by atoms with Gasteiger partial charge in [0.2, 0.25) is 0 Å². The molecule has 0 aliphatic carbocycles. The molecule has 0 radical (unpaired) electrons. The van der Waals surface area contributed by atoms with E-state index in [-0.39, 0.29) is 5.60 Å². The zero-order valence-electron chi connectivity index (χ0n) is 6.36. The summed E-state index contributed by atoms with van der Waals surface area (Å²) in [7, 11) is 0. The third-order valence-corrected chi connectivity index (χ3v) is 2.27. The summed E-state index contributed by atoms with van der Waals surface area (Å²) in [5.41, 5.74) is 1.29. The molecule has 0 spiro atoms. The van der Waals surface area contributed by atoms with Gasteiger partial charge >= 0.3 is 0 Å². The highest BCUT2D eigenvalue weighted by molar-refractivity contribution is 6.36. The average Bonchev–Trinajstić information content (AvgIpc) is 1.96. The molecule has 0 amide bonds. The number of ether oxygens (including phenoxy) is 1. The van der Waals surface area contributed by atoms with Crippen molar-refractivity contribution in [2.45, 2.75) is 12.5 Å². The summed E-state index contributed by atoms with van der Waals surface area (Å²) < 4.78 is 5.47. The highest BCUT2D eigenvalue weighted by Gasteiger charge is 2.32. The second-order valence-corrected chi connectivity index (χ2v) is 3.60. The summed E-state index contributed by atoms with van der Waals surface area (Å²) >= 11 is 11.0. The van der Waals surface area contributed by atoms with E-state index in [2.05, 4.69) is 5.32 Å². The first-order valence-corrected chi connectivity index (χ1v) is 4.27.